The highest BCUT2D eigenvalue weighted by Crippen LogP contribution is 2.22. The molecular weight excluding hydrogens is 184 g/mol. The highest BCUT2D eigenvalue weighted by Gasteiger charge is 2.47. The van der Waals surface area contributed by atoms with Crippen molar-refractivity contribution >= 4 is 17.9 Å². The third kappa shape index (κ3) is 1.94. The molecule has 1 rings (SSSR count). The maximum absolute atomic E-state index is 10.8. The van der Waals surface area contributed by atoms with Crippen molar-refractivity contribution in [2.75, 3.05) is 0 Å². The van der Waals surface area contributed by atoms with Crippen molar-refractivity contribution in [3.8, 4) is 0 Å². The largest absolute Gasteiger partial charge is 0.481 e. The van der Waals surface area contributed by atoms with Gasteiger partial charge in [0.05, 0.1) is 12.8 Å². The summed E-state index contributed by atoms with van der Waals surface area (Å²) in [6.45, 7) is 0. The zero-order valence-corrected chi connectivity index (χ0v) is 6.35. The van der Waals surface area contributed by atoms with Gasteiger partial charge in [-0.05, 0) is 0 Å². The van der Waals surface area contributed by atoms with E-state index >= 15 is 0 Å². The molecule has 72 valence electrons. The molecule has 1 heterocycles. The molecule has 1 fully saturated rings. The second-order valence-electron chi connectivity index (χ2n) is 2.61. The van der Waals surface area contributed by atoms with Crippen molar-refractivity contribution in [3.05, 3.63) is 0 Å². The van der Waals surface area contributed by atoms with E-state index in [2.05, 4.69) is 9.78 Å². The van der Waals surface area contributed by atoms with E-state index in [0.717, 1.165) is 0 Å². The van der Waals surface area contributed by atoms with Crippen molar-refractivity contribution < 1.29 is 34.4 Å². The van der Waals surface area contributed by atoms with Crippen molar-refractivity contribution in [2.24, 2.45) is 0 Å². The molecule has 0 amide bonds. The Kier molecular flexibility index (Phi) is 2.20. The molecule has 0 radical (unpaired) electrons. The van der Waals surface area contributed by atoms with Gasteiger partial charge in [0.25, 0.3) is 0 Å². The summed E-state index contributed by atoms with van der Waals surface area (Å²) < 4.78 is 0. The van der Waals surface area contributed by atoms with Crippen LogP contribution in [0.1, 0.15) is 12.8 Å². The molecule has 1 atom stereocenters. The van der Waals surface area contributed by atoms with Crippen molar-refractivity contribution in [1.29, 1.82) is 0 Å². The van der Waals surface area contributed by atoms with Crippen LogP contribution in [-0.4, -0.2) is 33.7 Å². The fraction of sp³-hybridized carbons (Fsp3) is 0.500. The van der Waals surface area contributed by atoms with Gasteiger partial charge >= 0.3 is 17.9 Å². The van der Waals surface area contributed by atoms with Crippen LogP contribution in [0.25, 0.3) is 0 Å². The van der Waals surface area contributed by atoms with E-state index in [0.29, 0.717) is 0 Å². The van der Waals surface area contributed by atoms with Crippen LogP contribution in [0.2, 0.25) is 0 Å². The van der Waals surface area contributed by atoms with E-state index in [1.807, 2.05) is 0 Å². The van der Waals surface area contributed by atoms with Crippen molar-refractivity contribution in [3.63, 3.8) is 0 Å². The predicted molar refractivity (Wildman–Crippen MR) is 34.0 cm³/mol. The van der Waals surface area contributed by atoms with Gasteiger partial charge in [-0.25, -0.2) is 19.4 Å². The van der Waals surface area contributed by atoms with E-state index in [9.17, 15) is 19.5 Å². The topological polar surface area (TPSA) is 110 Å². The monoisotopic (exact) mass is 190 g/mol. The first-order chi connectivity index (χ1) is 5.94. The number of hydrogen-bond donors (Lipinski definition) is 2. The summed E-state index contributed by atoms with van der Waals surface area (Å²) in [5.74, 6) is -3.66. The summed E-state index contributed by atoms with van der Waals surface area (Å²) in [5.41, 5.74) is -2.30. The smallest absolute Gasteiger partial charge is 0.387 e. The minimum Gasteiger partial charge on any atom is -0.481 e. The molecule has 0 aliphatic carbocycles. The van der Waals surface area contributed by atoms with E-state index in [1.54, 1.807) is 0 Å². The van der Waals surface area contributed by atoms with Gasteiger partial charge in [-0.3, -0.25) is 4.79 Å². The molecule has 0 aromatic carbocycles. The third-order valence-corrected chi connectivity index (χ3v) is 1.47. The van der Waals surface area contributed by atoms with Crippen LogP contribution in [0.15, 0.2) is 0 Å². The SMILES string of the molecule is O=C(O)C[C@]1(O)CC(=O)OOC1=O. The van der Waals surface area contributed by atoms with Gasteiger partial charge in [-0.15, -0.1) is 0 Å². The van der Waals surface area contributed by atoms with Gasteiger partial charge in [0.1, 0.15) is 0 Å². The number of rotatable bonds is 2. The highest BCUT2D eigenvalue weighted by atomic mass is 17.2. The van der Waals surface area contributed by atoms with Crippen LogP contribution in [0, 0.1) is 0 Å². The number of carbonyl (C=O) groups excluding carboxylic acids is 2. The predicted octanol–water partition coefficient (Wildman–Crippen LogP) is -1.40. The van der Waals surface area contributed by atoms with Gasteiger partial charge in [-0.1, -0.05) is 0 Å². The first-order valence-corrected chi connectivity index (χ1v) is 3.30. The molecular formula is C6H6O7. The maximum Gasteiger partial charge on any atom is 0.387 e. The molecule has 0 spiro atoms. The lowest BCUT2D eigenvalue weighted by atomic mass is 9.95. The van der Waals surface area contributed by atoms with Crippen molar-refractivity contribution in [1.82, 2.24) is 0 Å². The average molecular weight is 190 g/mol. The van der Waals surface area contributed by atoms with E-state index in [1.165, 1.54) is 0 Å². The molecule has 2 N–H and O–H groups in total. The van der Waals surface area contributed by atoms with Gasteiger partial charge in [0, 0.05) is 0 Å². The number of aliphatic carboxylic acids is 1. The molecule has 7 nitrogen and oxygen atoms in total. The second kappa shape index (κ2) is 3.02. The first kappa shape index (κ1) is 9.46. The Morgan fingerprint density at radius 3 is 2.62 bits per heavy atom. The summed E-state index contributed by atoms with van der Waals surface area (Å²) in [4.78, 5) is 39.2. The summed E-state index contributed by atoms with van der Waals surface area (Å²) in [6.07, 6.45) is -1.60. The summed E-state index contributed by atoms with van der Waals surface area (Å²) in [6, 6.07) is 0. The Hall–Kier alpha value is -1.63. The molecule has 7 heteroatoms. The van der Waals surface area contributed by atoms with Gasteiger partial charge < -0.3 is 10.2 Å². The lowest BCUT2D eigenvalue weighted by Gasteiger charge is -2.25. The van der Waals surface area contributed by atoms with Crippen LogP contribution in [0.4, 0.5) is 0 Å². The number of carboxylic acids is 1. The van der Waals surface area contributed by atoms with E-state index < -0.39 is 36.4 Å². The fourth-order valence-corrected chi connectivity index (χ4v) is 0.887. The van der Waals surface area contributed by atoms with Crippen LogP contribution in [0.3, 0.4) is 0 Å². The maximum atomic E-state index is 10.8. The summed E-state index contributed by atoms with van der Waals surface area (Å²) >= 11 is 0. The summed E-state index contributed by atoms with van der Waals surface area (Å²) in [5, 5.41) is 17.6. The zero-order chi connectivity index (χ0) is 10.1. The number of hydrogen-bond acceptors (Lipinski definition) is 6. The summed E-state index contributed by atoms with van der Waals surface area (Å²) in [7, 11) is 0. The minimum absolute atomic E-state index is 0.710. The van der Waals surface area contributed by atoms with E-state index in [-0.39, 0.29) is 0 Å². The standard InChI is InChI=1S/C6H6O7/c7-3(8)1-6(11)2-4(9)12-13-5(6)10/h11H,1-2H2,(H,7,8)/t6-/m0/s1. The Bertz CT molecular complexity index is 266. The second-order valence-corrected chi connectivity index (χ2v) is 2.61. The molecule has 1 saturated heterocycles. The van der Waals surface area contributed by atoms with Gasteiger partial charge in [0.2, 0.25) is 0 Å². The normalized spacial score (nSPS) is 27.8. The fourth-order valence-electron chi connectivity index (χ4n) is 0.887. The average Bonchev–Trinajstić information content (AvgIpc) is 1.95. The minimum atomic E-state index is -2.30. The molecule has 0 unspecified atom stereocenters. The van der Waals surface area contributed by atoms with Crippen LogP contribution in [-0.2, 0) is 24.2 Å². The molecule has 0 bridgehead atoms. The van der Waals surface area contributed by atoms with Crippen LogP contribution < -0.4 is 0 Å². The molecule has 0 saturated carbocycles. The van der Waals surface area contributed by atoms with Gasteiger partial charge in [-0.2, -0.15) is 0 Å². The highest BCUT2D eigenvalue weighted by molar-refractivity contribution is 5.91. The van der Waals surface area contributed by atoms with E-state index in [4.69, 9.17) is 5.11 Å². The lowest BCUT2D eigenvalue weighted by molar-refractivity contribution is -0.287. The molecule has 1 aliphatic rings. The number of carboxylic acid groups (broad SMARTS) is 1. The number of carbonyl (C=O) groups is 3. The molecule has 0 aromatic rings. The Balaban J connectivity index is 2.78. The van der Waals surface area contributed by atoms with Crippen molar-refractivity contribution in [2.45, 2.75) is 18.4 Å². The number of aliphatic hydroxyl groups is 1. The molecule has 1 aliphatic heterocycles. The Morgan fingerprint density at radius 2 is 2.08 bits per heavy atom. The van der Waals surface area contributed by atoms with Crippen LogP contribution >= 0.6 is 0 Å². The zero-order valence-electron chi connectivity index (χ0n) is 6.35. The Morgan fingerprint density at radius 1 is 1.46 bits per heavy atom. The Labute approximate surface area is 71.8 Å². The first-order valence-electron chi connectivity index (χ1n) is 3.30. The third-order valence-electron chi connectivity index (χ3n) is 1.47. The van der Waals surface area contributed by atoms with Crippen LogP contribution in [0.5, 0.6) is 0 Å². The quantitative estimate of drug-likeness (QED) is 0.515. The van der Waals surface area contributed by atoms with Gasteiger partial charge in [0.15, 0.2) is 5.60 Å². The molecule has 0 aromatic heterocycles. The lowest BCUT2D eigenvalue weighted by Crippen LogP contribution is -2.48. The molecule has 13 heavy (non-hydrogen) atoms.